The Morgan fingerprint density at radius 1 is 1.20 bits per heavy atom. The van der Waals surface area contributed by atoms with Crippen LogP contribution in [0, 0.1) is 5.92 Å². The minimum atomic E-state index is -1.12. The van der Waals surface area contributed by atoms with Crippen molar-refractivity contribution in [3.05, 3.63) is 12.3 Å². The summed E-state index contributed by atoms with van der Waals surface area (Å²) < 4.78 is 0. The maximum Gasteiger partial charge on any atom is 0.328 e. The van der Waals surface area contributed by atoms with E-state index in [1.54, 1.807) is 0 Å². The molecule has 1 fully saturated rings. The van der Waals surface area contributed by atoms with Gasteiger partial charge >= 0.3 is 6.03 Å². The van der Waals surface area contributed by atoms with Crippen molar-refractivity contribution < 1.29 is 14.4 Å². The smallest absolute Gasteiger partial charge is 0.325 e. The van der Waals surface area contributed by atoms with E-state index in [9.17, 15) is 14.4 Å². The number of nitrogens with one attached hydrogen (secondary N) is 4. The molecule has 1 saturated heterocycles. The van der Waals surface area contributed by atoms with Crippen LogP contribution < -0.4 is 21.5 Å². The molecule has 0 atom stereocenters. The molecule has 0 aromatic heterocycles. The molecule has 1 aliphatic rings. The minimum absolute atomic E-state index is 0.201. The standard InChI is InChI=1S/C12H21N5O3/c1-4-17(5-2)7-6-13-16-8(3)9-10(18)14-12(20)15-11(9)19/h9,13,16H,3-7H2,1-2H3,(H2,14,15,18,19,20). The van der Waals surface area contributed by atoms with Gasteiger partial charge in [-0.1, -0.05) is 20.4 Å². The number of nitrogens with zero attached hydrogens (tertiary/aromatic N) is 1. The van der Waals surface area contributed by atoms with Crippen molar-refractivity contribution in [2.75, 3.05) is 26.2 Å². The van der Waals surface area contributed by atoms with E-state index in [0.29, 0.717) is 6.54 Å². The highest BCUT2D eigenvalue weighted by Crippen LogP contribution is 2.09. The first-order valence-electron chi connectivity index (χ1n) is 6.55. The fraction of sp³-hybridized carbons (Fsp3) is 0.583. The average molecular weight is 283 g/mol. The van der Waals surface area contributed by atoms with E-state index in [1.807, 2.05) is 10.6 Å². The molecule has 0 aromatic carbocycles. The van der Waals surface area contributed by atoms with Gasteiger partial charge in [-0.3, -0.25) is 20.2 Å². The topological polar surface area (TPSA) is 103 Å². The monoisotopic (exact) mass is 283 g/mol. The van der Waals surface area contributed by atoms with Crippen LogP contribution in [-0.4, -0.2) is 48.9 Å². The summed E-state index contributed by atoms with van der Waals surface area (Å²) in [5.41, 5.74) is 5.83. The molecular formula is C12H21N5O3. The maximum atomic E-state index is 11.6. The van der Waals surface area contributed by atoms with E-state index in [0.717, 1.165) is 19.6 Å². The Bertz CT molecular complexity index is 386. The molecule has 1 rings (SSSR count). The van der Waals surface area contributed by atoms with Crippen molar-refractivity contribution >= 4 is 17.8 Å². The van der Waals surface area contributed by atoms with Crippen LogP contribution in [0.25, 0.3) is 0 Å². The number of amides is 4. The molecule has 0 saturated carbocycles. The van der Waals surface area contributed by atoms with Crippen LogP contribution in [0.4, 0.5) is 4.79 Å². The lowest BCUT2D eigenvalue weighted by molar-refractivity contribution is -0.134. The van der Waals surface area contributed by atoms with Gasteiger partial charge in [0.05, 0.1) is 0 Å². The van der Waals surface area contributed by atoms with E-state index >= 15 is 0 Å². The van der Waals surface area contributed by atoms with Crippen LogP contribution in [0.15, 0.2) is 12.3 Å². The third-order valence-corrected chi connectivity index (χ3v) is 3.04. The van der Waals surface area contributed by atoms with Crippen molar-refractivity contribution in [2.45, 2.75) is 13.8 Å². The Balaban J connectivity index is 2.37. The van der Waals surface area contributed by atoms with Gasteiger partial charge in [-0.15, -0.1) is 0 Å². The van der Waals surface area contributed by atoms with Crippen molar-refractivity contribution in [1.82, 2.24) is 26.4 Å². The Labute approximate surface area is 117 Å². The van der Waals surface area contributed by atoms with Gasteiger partial charge in [-0.25, -0.2) is 10.2 Å². The summed E-state index contributed by atoms with van der Waals surface area (Å²) in [5, 5.41) is 4.04. The first-order valence-corrected chi connectivity index (χ1v) is 6.55. The number of carbonyl (C=O) groups is 3. The lowest BCUT2D eigenvalue weighted by atomic mass is 10.0. The summed E-state index contributed by atoms with van der Waals surface area (Å²) in [6, 6.07) is -0.807. The van der Waals surface area contributed by atoms with Gasteiger partial charge in [0.1, 0.15) is 0 Å². The lowest BCUT2D eigenvalue weighted by Gasteiger charge is -2.24. The third-order valence-electron chi connectivity index (χ3n) is 3.04. The molecule has 20 heavy (non-hydrogen) atoms. The lowest BCUT2D eigenvalue weighted by Crippen LogP contribution is -2.58. The van der Waals surface area contributed by atoms with E-state index in [2.05, 4.69) is 36.2 Å². The number of imide groups is 2. The van der Waals surface area contributed by atoms with Crippen LogP contribution >= 0.6 is 0 Å². The number of barbiturate groups is 1. The Kier molecular flexibility index (Phi) is 6.13. The molecule has 0 radical (unpaired) electrons. The average Bonchev–Trinajstić information content (AvgIpc) is 2.37. The highest BCUT2D eigenvalue weighted by Gasteiger charge is 2.36. The molecule has 0 bridgehead atoms. The SMILES string of the molecule is C=C(NNCCN(CC)CC)C1C(=O)NC(=O)NC1=O. The number of urea groups is 1. The van der Waals surface area contributed by atoms with E-state index in [-0.39, 0.29) is 5.70 Å². The minimum Gasteiger partial charge on any atom is -0.325 e. The second kappa shape index (κ2) is 7.61. The Hall–Kier alpha value is -1.93. The number of carbonyl (C=O) groups excluding carboxylic acids is 3. The molecule has 4 amide bonds. The number of rotatable bonds is 8. The summed E-state index contributed by atoms with van der Waals surface area (Å²) in [5.74, 6) is -2.47. The molecule has 0 aliphatic carbocycles. The molecule has 112 valence electrons. The number of hydrogen-bond donors (Lipinski definition) is 4. The van der Waals surface area contributed by atoms with Crippen LogP contribution in [0.3, 0.4) is 0 Å². The molecular weight excluding hydrogens is 262 g/mol. The summed E-state index contributed by atoms with van der Waals surface area (Å²) >= 11 is 0. The van der Waals surface area contributed by atoms with Crippen molar-refractivity contribution in [1.29, 1.82) is 0 Å². The zero-order valence-electron chi connectivity index (χ0n) is 11.8. The van der Waals surface area contributed by atoms with E-state index < -0.39 is 23.8 Å². The van der Waals surface area contributed by atoms with Gasteiger partial charge in [-0.05, 0) is 13.1 Å². The van der Waals surface area contributed by atoms with Gasteiger partial charge in [-0.2, -0.15) is 0 Å². The number of hydrogen-bond acceptors (Lipinski definition) is 6. The summed E-state index contributed by atoms with van der Waals surface area (Å²) in [4.78, 5) is 36.3. The predicted molar refractivity (Wildman–Crippen MR) is 73.2 cm³/mol. The van der Waals surface area contributed by atoms with Crippen LogP contribution in [0.2, 0.25) is 0 Å². The van der Waals surface area contributed by atoms with Gasteiger partial charge in [0.15, 0.2) is 5.92 Å². The number of likely N-dealkylation sites (N-methyl/N-ethyl adjacent to an activating group) is 1. The van der Waals surface area contributed by atoms with Gasteiger partial charge in [0.25, 0.3) is 0 Å². The molecule has 1 aliphatic heterocycles. The molecule has 8 heteroatoms. The third kappa shape index (κ3) is 4.32. The van der Waals surface area contributed by atoms with Crippen molar-refractivity contribution in [2.24, 2.45) is 5.92 Å². The Morgan fingerprint density at radius 3 is 2.25 bits per heavy atom. The number of hydrazine groups is 1. The molecule has 0 spiro atoms. The van der Waals surface area contributed by atoms with E-state index in [1.165, 1.54) is 0 Å². The van der Waals surface area contributed by atoms with E-state index in [4.69, 9.17) is 0 Å². The summed E-state index contributed by atoms with van der Waals surface area (Å²) in [6.07, 6.45) is 0. The van der Waals surface area contributed by atoms with Crippen LogP contribution in [-0.2, 0) is 9.59 Å². The van der Waals surface area contributed by atoms with Crippen LogP contribution in [0.1, 0.15) is 13.8 Å². The fourth-order valence-electron chi connectivity index (χ4n) is 1.84. The van der Waals surface area contributed by atoms with Crippen molar-refractivity contribution in [3.8, 4) is 0 Å². The van der Waals surface area contributed by atoms with Crippen LogP contribution in [0.5, 0.6) is 0 Å². The zero-order chi connectivity index (χ0) is 15.1. The molecule has 1 heterocycles. The van der Waals surface area contributed by atoms with Gasteiger partial charge < -0.3 is 10.3 Å². The first kappa shape index (κ1) is 16.1. The molecule has 4 N–H and O–H groups in total. The molecule has 0 unspecified atom stereocenters. The second-order valence-corrected chi connectivity index (χ2v) is 4.34. The Morgan fingerprint density at radius 2 is 1.75 bits per heavy atom. The highest BCUT2D eigenvalue weighted by molar-refractivity contribution is 6.17. The normalized spacial score (nSPS) is 16.1. The van der Waals surface area contributed by atoms with Gasteiger partial charge in [0.2, 0.25) is 11.8 Å². The highest BCUT2D eigenvalue weighted by atomic mass is 16.2. The maximum absolute atomic E-state index is 11.6. The first-order chi connectivity index (χ1) is 9.49. The second-order valence-electron chi connectivity index (χ2n) is 4.34. The predicted octanol–water partition coefficient (Wildman–Crippen LogP) is -1.08. The van der Waals surface area contributed by atoms with Gasteiger partial charge in [0, 0.05) is 18.8 Å². The molecule has 0 aromatic rings. The summed E-state index contributed by atoms with van der Waals surface area (Å²) in [6.45, 7) is 11.2. The molecule has 8 nitrogen and oxygen atoms in total. The quantitative estimate of drug-likeness (QED) is 0.257. The zero-order valence-corrected chi connectivity index (χ0v) is 11.8. The fourth-order valence-corrected chi connectivity index (χ4v) is 1.84. The van der Waals surface area contributed by atoms with Crippen molar-refractivity contribution in [3.63, 3.8) is 0 Å². The largest absolute Gasteiger partial charge is 0.328 e. The summed E-state index contributed by atoms with van der Waals surface area (Å²) in [7, 11) is 0.